The summed E-state index contributed by atoms with van der Waals surface area (Å²) in [6.07, 6.45) is 6.83. The van der Waals surface area contributed by atoms with Crippen LogP contribution in [-0.2, 0) is 11.3 Å². The number of hydrogen-bond acceptors (Lipinski definition) is 5. The first-order chi connectivity index (χ1) is 12.7. The zero-order valence-corrected chi connectivity index (χ0v) is 14.8. The average Bonchev–Trinajstić information content (AvgIpc) is 3.14. The molecule has 7 nitrogen and oxygen atoms in total. The Kier molecular flexibility index (Phi) is 4.57. The summed E-state index contributed by atoms with van der Waals surface area (Å²) in [4.78, 5) is 22.9. The van der Waals surface area contributed by atoms with Gasteiger partial charge >= 0.3 is 0 Å². The van der Waals surface area contributed by atoms with Crippen molar-refractivity contribution >= 4 is 11.9 Å². The van der Waals surface area contributed by atoms with Crippen molar-refractivity contribution in [2.24, 2.45) is 5.92 Å². The van der Waals surface area contributed by atoms with Crippen molar-refractivity contribution in [3.05, 3.63) is 35.4 Å². The highest BCUT2D eigenvalue weighted by molar-refractivity contribution is 5.93. The molecule has 1 unspecified atom stereocenters. The Morgan fingerprint density at radius 3 is 3.12 bits per heavy atom. The quantitative estimate of drug-likeness (QED) is 0.817. The van der Waals surface area contributed by atoms with Crippen molar-refractivity contribution in [3.8, 4) is 11.8 Å². The lowest BCUT2D eigenvalue weighted by Gasteiger charge is -2.16. The Bertz CT molecular complexity index is 860. The van der Waals surface area contributed by atoms with Gasteiger partial charge in [-0.2, -0.15) is 5.10 Å². The van der Waals surface area contributed by atoms with Gasteiger partial charge in [0.25, 0.3) is 5.91 Å². The topological polar surface area (TPSA) is 86.8 Å². The number of aromatic amines is 1. The van der Waals surface area contributed by atoms with Crippen LogP contribution in [0.25, 0.3) is 0 Å². The maximum Gasteiger partial charge on any atom is 0.296 e. The molecule has 1 saturated heterocycles. The predicted molar refractivity (Wildman–Crippen MR) is 97.3 cm³/mol. The van der Waals surface area contributed by atoms with E-state index in [1.54, 1.807) is 12.4 Å². The lowest BCUT2D eigenvalue weighted by Crippen LogP contribution is -2.23. The summed E-state index contributed by atoms with van der Waals surface area (Å²) in [5.41, 5.74) is 3.06. The zero-order valence-electron chi connectivity index (χ0n) is 14.8. The Morgan fingerprint density at radius 1 is 1.42 bits per heavy atom. The van der Waals surface area contributed by atoms with Crippen LogP contribution in [0.2, 0.25) is 0 Å². The molecule has 2 fully saturated rings. The molecule has 134 valence electrons. The Balaban J connectivity index is 1.38. The van der Waals surface area contributed by atoms with Crippen molar-refractivity contribution in [2.75, 3.05) is 18.0 Å². The number of H-pyrrole nitrogens is 1. The molecule has 0 bridgehead atoms. The van der Waals surface area contributed by atoms with E-state index in [0.717, 1.165) is 55.3 Å². The largest absolute Gasteiger partial charge is 0.341 e. The highest BCUT2D eigenvalue weighted by Gasteiger charge is 2.28. The molecular weight excluding hydrogens is 328 g/mol. The number of carbonyl (C=O) groups is 1. The summed E-state index contributed by atoms with van der Waals surface area (Å²) in [6, 6.07) is 1.90. The molecule has 1 atom stereocenters. The number of hydrogen-bond donors (Lipinski definition) is 2. The van der Waals surface area contributed by atoms with E-state index in [2.05, 4.69) is 42.2 Å². The van der Waals surface area contributed by atoms with E-state index in [0.29, 0.717) is 18.4 Å². The van der Waals surface area contributed by atoms with Gasteiger partial charge in [0.2, 0.25) is 5.95 Å². The fourth-order valence-corrected chi connectivity index (χ4v) is 3.20. The van der Waals surface area contributed by atoms with Gasteiger partial charge in [0.15, 0.2) is 0 Å². The normalized spacial score (nSPS) is 19.1. The molecule has 26 heavy (non-hydrogen) atoms. The first kappa shape index (κ1) is 16.6. The lowest BCUT2D eigenvalue weighted by molar-refractivity contribution is -0.115. The molecular formula is C19H22N6O. The predicted octanol–water partition coefficient (Wildman–Crippen LogP) is 1.53. The molecule has 0 aromatic carbocycles. The highest BCUT2D eigenvalue weighted by atomic mass is 16.1. The lowest BCUT2D eigenvalue weighted by atomic mass is 10.0. The Labute approximate surface area is 152 Å². The maximum atomic E-state index is 11.8. The SMILES string of the molecule is Cc1ccnc(N2CCC(c3[nH]ncc3CNC(=O)C#CC3CC3)C2)n1. The van der Waals surface area contributed by atoms with Gasteiger partial charge in [0.1, 0.15) is 0 Å². The molecule has 4 rings (SSSR count). The summed E-state index contributed by atoms with van der Waals surface area (Å²) in [6.45, 7) is 4.17. The number of rotatable bonds is 4. The molecule has 1 saturated carbocycles. The second kappa shape index (κ2) is 7.16. The molecule has 0 radical (unpaired) electrons. The monoisotopic (exact) mass is 350 g/mol. The summed E-state index contributed by atoms with van der Waals surface area (Å²) >= 11 is 0. The molecule has 2 N–H and O–H groups in total. The summed E-state index contributed by atoms with van der Waals surface area (Å²) < 4.78 is 0. The summed E-state index contributed by atoms with van der Waals surface area (Å²) in [5, 5.41) is 10.2. The van der Waals surface area contributed by atoms with E-state index in [1.807, 2.05) is 13.0 Å². The van der Waals surface area contributed by atoms with Gasteiger partial charge < -0.3 is 10.2 Å². The summed E-state index contributed by atoms with van der Waals surface area (Å²) in [7, 11) is 0. The first-order valence-electron chi connectivity index (χ1n) is 9.05. The van der Waals surface area contributed by atoms with Crippen molar-refractivity contribution in [3.63, 3.8) is 0 Å². The van der Waals surface area contributed by atoms with Crippen molar-refractivity contribution in [1.29, 1.82) is 0 Å². The smallest absolute Gasteiger partial charge is 0.296 e. The van der Waals surface area contributed by atoms with Crippen molar-refractivity contribution < 1.29 is 4.79 Å². The number of nitrogens with zero attached hydrogens (tertiary/aromatic N) is 4. The molecule has 0 spiro atoms. The summed E-state index contributed by atoms with van der Waals surface area (Å²) in [5.74, 6) is 6.97. The van der Waals surface area contributed by atoms with Crippen molar-refractivity contribution in [2.45, 2.75) is 38.6 Å². The van der Waals surface area contributed by atoms with Crippen LogP contribution < -0.4 is 10.2 Å². The van der Waals surface area contributed by atoms with Gasteiger partial charge in [-0.15, -0.1) is 0 Å². The standard InChI is InChI=1S/C19H22N6O/c1-13-6-8-20-19(23-13)25-9-7-15(12-25)18-16(11-22-24-18)10-21-17(26)5-4-14-2-3-14/h6,8,11,14-15H,2-3,7,9-10,12H2,1H3,(H,21,26)(H,22,24). The molecule has 1 aliphatic carbocycles. The van der Waals surface area contributed by atoms with E-state index >= 15 is 0 Å². The van der Waals surface area contributed by atoms with Crippen LogP contribution in [0, 0.1) is 24.7 Å². The first-order valence-corrected chi connectivity index (χ1v) is 9.05. The minimum atomic E-state index is -0.217. The van der Waals surface area contributed by atoms with Crippen LogP contribution >= 0.6 is 0 Å². The molecule has 1 amide bonds. The second-order valence-corrected chi connectivity index (χ2v) is 6.96. The van der Waals surface area contributed by atoms with E-state index in [1.165, 1.54) is 0 Å². The van der Waals surface area contributed by atoms with Gasteiger partial charge in [-0.05, 0) is 38.2 Å². The third-order valence-electron chi connectivity index (χ3n) is 4.82. The van der Waals surface area contributed by atoms with Crippen LogP contribution in [0.4, 0.5) is 5.95 Å². The van der Waals surface area contributed by atoms with E-state index < -0.39 is 0 Å². The van der Waals surface area contributed by atoms with Gasteiger partial charge in [-0.25, -0.2) is 9.97 Å². The van der Waals surface area contributed by atoms with Crippen LogP contribution in [0.15, 0.2) is 18.5 Å². The highest BCUT2D eigenvalue weighted by Crippen LogP contribution is 2.30. The molecule has 2 aromatic rings. The molecule has 1 aliphatic heterocycles. The number of aromatic nitrogens is 4. The Morgan fingerprint density at radius 2 is 2.31 bits per heavy atom. The van der Waals surface area contributed by atoms with Crippen LogP contribution in [0.3, 0.4) is 0 Å². The zero-order chi connectivity index (χ0) is 17.9. The second-order valence-electron chi connectivity index (χ2n) is 6.96. The molecule has 3 heterocycles. The van der Waals surface area contributed by atoms with Crippen LogP contribution in [0.5, 0.6) is 0 Å². The number of anilines is 1. The van der Waals surface area contributed by atoms with Gasteiger partial charge in [0.05, 0.1) is 6.20 Å². The average molecular weight is 350 g/mol. The molecule has 7 heteroatoms. The number of amides is 1. The number of nitrogens with one attached hydrogen (secondary N) is 2. The van der Waals surface area contributed by atoms with Gasteiger partial charge in [0, 0.05) is 54.6 Å². The fourth-order valence-electron chi connectivity index (χ4n) is 3.20. The number of carbonyl (C=O) groups excluding carboxylic acids is 1. The van der Waals surface area contributed by atoms with Gasteiger partial charge in [-0.1, -0.05) is 5.92 Å². The minimum absolute atomic E-state index is 0.217. The van der Waals surface area contributed by atoms with E-state index in [-0.39, 0.29) is 5.91 Å². The van der Waals surface area contributed by atoms with E-state index in [4.69, 9.17) is 0 Å². The van der Waals surface area contributed by atoms with Crippen LogP contribution in [-0.4, -0.2) is 39.2 Å². The third kappa shape index (κ3) is 3.85. The fraction of sp³-hybridized carbons (Fsp3) is 0.474. The van der Waals surface area contributed by atoms with Gasteiger partial charge in [-0.3, -0.25) is 9.89 Å². The number of aryl methyl sites for hydroxylation is 1. The molecule has 2 aromatic heterocycles. The Hall–Kier alpha value is -2.88. The van der Waals surface area contributed by atoms with E-state index in [9.17, 15) is 4.79 Å². The third-order valence-corrected chi connectivity index (χ3v) is 4.82. The van der Waals surface area contributed by atoms with Crippen LogP contribution in [0.1, 0.15) is 42.1 Å². The molecule has 2 aliphatic rings. The van der Waals surface area contributed by atoms with Crippen molar-refractivity contribution in [1.82, 2.24) is 25.5 Å². The maximum absolute atomic E-state index is 11.8. The minimum Gasteiger partial charge on any atom is -0.341 e.